The van der Waals surface area contributed by atoms with Gasteiger partial charge in [0.25, 0.3) is 0 Å². The third-order valence-corrected chi connectivity index (χ3v) is 8.54. The molecular weight excluding hydrogens is 436 g/mol. The Morgan fingerprint density at radius 3 is 1.11 bits per heavy atom. The molecule has 0 aliphatic carbocycles. The summed E-state index contributed by atoms with van der Waals surface area (Å²) in [4.78, 5) is 0. The molecule has 4 aromatic heterocycles. The minimum atomic E-state index is 1.28. The van der Waals surface area contributed by atoms with Gasteiger partial charge in [-0.1, -0.05) is 97.1 Å². The van der Waals surface area contributed by atoms with Crippen LogP contribution in [0.15, 0.2) is 109 Å². The van der Waals surface area contributed by atoms with E-state index >= 15 is 0 Å². The zero-order valence-corrected chi connectivity index (χ0v) is 19.3. The Kier molecular flexibility index (Phi) is 2.78. The van der Waals surface area contributed by atoms with Crippen LogP contribution in [-0.4, -0.2) is 8.80 Å². The fourth-order valence-electron chi connectivity index (χ4n) is 7.30. The molecule has 2 nitrogen and oxygen atoms in total. The Morgan fingerprint density at radius 2 is 0.639 bits per heavy atom. The highest BCUT2D eigenvalue weighted by Gasteiger charge is 2.26. The SMILES string of the molecule is c1ccc2c(c1)c1c3cccc4c5ccccc5n(c43)c1c1c2c2cccc3c4ccccc4n1c32. The molecule has 0 unspecified atom stereocenters. The molecule has 36 heavy (non-hydrogen) atoms. The van der Waals surface area contributed by atoms with Crippen molar-refractivity contribution in [3.8, 4) is 0 Å². The summed E-state index contributed by atoms with van der Waals surface area (Å²) >= 11 is 0. The van der Waals surface area contributed by atoms with E-state index in [4.69, 9.17) is 0 Å². The molecule has 10 rings (SSSR count). The van der Waals surface area contributed by atoms with Crippen molar-refractivity contribution in [1.29, 1.82) is 0 Å². The van der Waals surface area contributed by atoms with Crippen molar-refractivity contribution in [1.82, 2.24) is 8.80 Å². The third kappa shape index (κ3) is 1.72. The normalized spacial score (nSPS) is 13.0. The van der Waals surface area contributed by atoms with Crippen LogP contribution in [0.4, 0.5) is 0 Å². The number of hydrogen-bond donors (Lipinski definition) is 0. The zero-order chi connectivity index (χ0) is 23.1. The van der Waals surface area contributed by atoms with Crippen molar-refractivity contribution in [3.05, 3.63) is 109 Å². The van der Waals surface area contributed by atoms with Crippen molar-refractivity contribution in [2.24, 2.45) is 0 Å². The summed E-state index contributed by atoms with van der Waals surface area (Å²) in [5, 5.41) is 13.3. The molecule has 0 saturated heterocycles. The summed E-state index contributed by atoms with van der Waals surface area (Å²) in [6.45, 7) is 0. The lowest BCUT2D eigenvalue weighted by Crippen LogP contribution is -1.88. The van der Waals surface area contributed by atoms with E-state index in [2.05, 4.69) is 118 Å². The van der Waals surface area contributed by atoms with E-state index in [0.29, 0.717) is 0 Å². The first-order valence-corrected chi connectivity index (χ1v) is 12.6. The van der Waals surface area contributed by atoms with E-state index in [1.54, 1.807) is 0 Å². The predicted molar refractivity (Wildman–Crippen MR) is 153 cm³/mol. The van der Waals surface area contributed by atoms with Gasteiger partial charge in [0, 0.05) is 43.1 Å². The van der Waals surface area contributed by atoms with Crippen LogP contribution in [0.5, 0.6) is 0 Å². The molecule has 0 radical (unpaired) electrons. The monoisotopic (exact) mass is 454 g/mol. The van der Waals surface area contributed by atoms with E-state index < -0.39 is 0 Å². The molecule has 0 saturated carbocycles. The molecule has 0 bridgehead atoms. The van der Waals surface area contributed by atoms with Crippen LogP contribution in [0.25, 0.3) is 87.0 Å². The van der Waals surface area contributed by atoms with Gasteiger partial charge in [0.05, 0.1) is 33.1 Å². The standard InChI is InChI=1S/C34H18N2/c1-2-12-22-21(11-1)29-25-15-7-13-23-19-9-3-5-17-27(19)35(31(23)25)33(29)34-30(22)26-16-8-14-24-20-10-4-6-18-28(20)36(34)32(24)26/h1-18H. The summed E-state index contributed by atoms with van der Waals surface area (Å²) in [6.07, 6.45) is 0. The molecule has 0 spiro atoms. The van der Waals surface area contributed by atoms with Gasteiger partial charge in [-0.05, 0) is 22.9 Å². The lowest BCUT2D eigenvalue weighted by atomic mass is 9.97. The van der Waals surface area contributed by atoms with Gasteiger partial charge in [0.2, 0.25) is 0 Å². The highest BCUT2D eigenvalue weighted by atomic mass is 15.0. The minimum absolute atomic E-state index is 1.28. The Bertz CT molecular complexity index is 2330. The predicted octanol–water partition coefficient (Wildman–Crippen LogP) is 9.14. The number of para-hydroxylation sites is 4. The van der Waals surface area contributed by atoms with Crippen LogP contribution < -0.4 is 0 Å². The molecule has 0 amide bonds. The van der Waals surface area contributed by atoms with E-state index in [9.17, 15) is 0 Å². The van der Waals surface area contributed by atoms with Gasteiger partial charge in [-0.15, -0.1) is 0 Å². The quantitative estimate of drug-likeness (QED) is 0.216. The second-order valence-corrected chi connectivity index (χ2v) is 10.1. The topological polar surface area (TPSA) is 8.82 Å². The molecular formula is C34H18N2. The van der Waals surface area contributed by atoms with E-state index in [1.165, 1.54) is 87.0 Å². The Morgan fingerprint density at radius 1 is 0.278 bits per heavy atom. The van der Waals surface area contributed by atoms with Gasteiger partial charge in [-0.3, -0.25) is 0 Å². The number of aromatic nitrogens is 2. The highest BCUT2D eigenvalue weighted by Crippen LogP contribution is 2.49. The van der Waals surface area contributed by atoms with Gasteiger partial charge in [0.15, 0.2) is 0 Å². The van der Waals surface area contributed by atoms with Crippen molar-refractivity contribution < 1.29 is 0 Å². The van der Waals surface area contributed by atoms with Crippen molar-refractivity contribution in [2.45, 2.75) is 0 Å². The number of fused-ring (bicyclic) bond motifs is 16. The molecule has 10 aromatic rings. The number of hydrogen-bond acceptors (Lipinski definition) is 0. The summed E-state index contributed by atoms with van der Waals surface area (Å²) in [6, 6.07) is 40.4. The van der Waals surface area contributed by atoms with Crippen molar-refractivity contribution in [3.63, 3.8) is 0 Å². The average Bonchev–Trinajstić information content (AvgIpc) is 3.66. The van der Waals surface area contributed by atoms with E-state index in [1.807, 2.05) is 0 Å². The molecule has 0 N–H and O–H groups in total. The van der Waals surface area contributed by atoms with Crippen LogP contribution in [0.3, 0.4) is 0 Å². The summed E-state index contributed by atoms with van der Waals surface area (Å²) in [7, 11) is 0. The van der Waals surface area contributed by atoms with Crippen LogP contribution in [0, 0.1) is 0 Å². The van der Waals surface area contributed by atoms with Crippen LogP contribution in [0.2, 0.25) is 0 Å². The first-order valence-electron chi connectivity index (χ1n) is 12.6. The molecule has 6 aromatic carbocycles. The van der Waals surface area contributed by atoms with Crippen LogP contribution in [-0.2, 0) is 0 Å². The number of benzene rings is 6. The lowest BCUT2D eigenvalue weighted by molar-refractivity contribution is 1.33. The Labute approximate surface area is 204 Å². The lowest BCUT2D eigenvalue weighted by Gasteiger charge is -2.08. The molecule has 0 aliphatic rings. The van der Waals surface area contributed by atoms with Gasteiger partial charge in [-0.2, -0.15) is 0 Å². The van der Waals surface area contributed by atoms with Crippen molar-refractivity contribution in [2.75, 3.05) is 0 Å². The van der Waals surface area contributed by atoms with Gasteiger partial charge in [0.1, 0.15) is 0 Å². The Balaban J connectivity index is 1.72. The largest absolute Gasteiger partial charge is 0.306 e. The zero-order valence-electron chi connectivity index (χ0n) is 19.3. The minimum Gasteiger partial charge on any atom is -0.306 e. The van der Waals surface area contributed by atoms with Gasteiger partial charge in [-0.25, -0.2) is 0 Å². The summed E-state index contributed by atoms with van der Waals surface area (Å²) in [5.74, 6) is 0. The highest BCUT2D eigenvalue weighted by molar-refractivity contribution is 6.40. The average molecular weight is 455 g/mol. The fourth-order valence-corrected chi connectivity index (χ4v) is 7.30. The molecule has 4 heterocycles. The summed E-state index contributed by atoms with van der Waals surface area (Å²) < 4.78 is 5.10. The maximum absolute atomic E-state index is 2.55. The fraction of sp³-hybridized carbons (Fsp3) is 0. The van der Waals surface area contributed by atoms with Gasteiger partial charge < -0.3 is 8.80 Å². The maximum atomic E-state index is 2.55. The molecule has 2 heteroatoms. The molecule has 0 fully saturated rings. The smallest absolute Gasteiger partial charge is 0.0795 e. The second-order valence-electron chi connectivity index (χ2n) is 10.1. The van der Waals surface area contributed by atoms with Gasteiger partial charge >= 0.3 is 0 Å². The number of rotatable bonds is 0. The number of nitrogens with zero attached hydrogens (tertiary/aromatic N) is 2. The molecule has 0 aliphatic heterocycles. The first kappa shape index (κ1) is 17.6. The van der Waals surface area contributed by atoms with Crippen molar-refractivity contribution >= 4 is 87.0 Å². The molecule has 0 atom stereocenters. The summed E-state index contributed by atoms with van der Waals surface area (Å²) in [5.41, 5.74) is 7.84. The first-order chi connectivity index (χ1) is 17.9. The van der Waals surface area contributed by atoms with Crippen LogP contribution >= 0.6 is 0 Å². The Hall–Kier alpha value is -4.82. The molecule has 164 valence electrons. The van der Waals surface area contributed by atoms with Crippen LogP contribution in [0.1, 0.15) is 0 Å². The second kappa shape index (κ2) is 5.69. The maximum Gasteiger partial charge on any atom is 0.0795 e. The van der Waals surface area contributed by atoms with E-state index in [0.717, 1.165) is 0 Å². The van der Waals surface area contributed by atoms with E-state index in [-0.39, 0.29) is 0 Å². The third-order valence-electron chi connectivity index (χ3n) is 8.54.